The van der Waals surface area contributed by atoms with E-state index in [-0.39, 0.29) is 23.6 Å². The van der Waals surface area contributed by atoms with Gasteiger partial charge < -0.3 is 30.1 Å². The predicted molar refractivity (Wildman–Crippen MR) is 166 cm³/mol. The molecule has 1 spiro atoms. The number of aliphatic hydroxyl groups is 1. The number of carbonyl (C=O) groups excluding carboxylic acids is 3. The van der Waals surface area contributed by atoms with Crippen molar-refractivity contribution in [2.75, 3.05) is 39.9 Å². The van der Waals surface area contributed by atoms with Gasteiger partial charge in [0, 0.05) is 52.0 Å². The van der Waals surface area contributed by atoms with Gasteiger partial charge in [0.05, 0.1) is 6.10 Å². The van der Waals surface area contributed by atoms with Crippen molar-refractivity contribution in [1.29, 1.82) is 0 Å². The van der Waals surface area contributed by atoms with Crippen molar-refractivity contribution in [1.82, 2.24) is 20.4 Å². The van der Waals surface area contributed by atoms with E-state index in [1.54, 1.807) is 36.2 Å². The van der Waals surface area contributed by atoms with Gasteiger partial charge in [0.25, 0.3) is 5.91 Å². The summed E-state index contributed by atoms with van der Waals surface area (Å²) >= 11 is 0. The molecule has 10 nitrogen and oxygen atoms in total. The molecule has 238 valence electrons. The van der Waals surface area contributed by atoms with Crippen LogP contribution in [0.2, 0.25) is 0 Å². The molecule has 0 aromatic heterocycles. The Kier molecular flexibility index (Phi) is 10.6. The number of unbranched alkanes of at least 4 members (excludes halogenated alkanes) is 1. The third-order valence-corrected chi connectivity index (χ3v) is 9.45. The van der Waals surface area contributed by atoms with Gasteiger partial charge in [-0.05, 0) is 73.4 Å². The number of benzene rings is 2. The fourth-order valence-corrected chi connectivity index (χ4v) is 6.63. The molecule has 3 saturated heterocycles. The summed E-state index contributed by atoms with van der Waals surface area (Å²) in [5.41, 5.74) is 1.94. The first-order chi connectivity index (χ1) is 21.3. The van der Waals surface area contributed by atoms with E-state index in [1.165, 1.54) is 5.56 Å². The summed E-state index contributed by atoms with van der Waals surface area (Å²) in [6, 6.07) is 14.5. The highest BCUT2D eigenvalue weighted by Gasteiger charge is 2.55. The summed E-state index contributed by atoms with van der Waals surface area (Å²) < 4.78 is 11.3. The molecule has 0 saturated carbocycles. The minimum absolute atomic E-state index is 0.0540. The number of piperidine rings is 1. The molecule has 0 radical (unpaired) electrons. The van der Waals surface area contributed by atoms with Crippen LogP contribution >= 0.6 is 0 Å². The van der Waals surface area contributed by atoms with E-state index in [4.69, 9.17) is 9.47 Å². The van der Waals surface area contributed by atoms with Gasteiger partial charge in [-0.15, -0.1) is 0 Å². The van der Waals surface area contributed by atoms with E-state index in [2.05, 4.69) is 46.7 Å². The Bertz CT molecular complexity index is 1270. The van der Waals surface area contributed by atoms with Gasteiger partial charge in [0.1, 0.15) is 23.9 Å². The van der Waals surface area contributed by atoms with Gasteiger partial charge in [-0.3, -0.25) is 19.3 Å². The van der Waals surface area contributed by atoms with Crippen molar-refractivity contribution in [2.24, 2.45) is 5.92 Å². The van der Waals surface area contributed by atoms with Gasteiger partial charge in [0.15, 0.2) is 0 Å². The molecule has 2 aromatic carbocycles. The Morgan fingerprint density at radius 2 is 1.73 bits per heavy atom. The molecule has 0 aliphatic carbocycles. The van der Waals surface area contributed by atoms with Crippen molar-refractivity contribution >= 4 is 17.7 Å². The van der Waals surface area contributed by atoms with Crippen molar-refractivity contribution in [3.05, 3.63) is 65.2 Å². The number of ether oxygens (including phenoxy) is 2. The van der Waals surface area contributed by atoms with E-state index >= 15 is 0 Å². The second kappa shape index (κ2) is 14.5. The molecule has 0 bridgehead atoms. The van der Waals surface area contributed by atoms with E-state index < -0.39 is 17.7 Å². The van der Waals surface area contributed by atoms with E-state index in [0.29, 0.717) is 76.5 Å². The van der Waals surface area contributed by atoms with E-state index in [1.807, 2.05) is 0 Å². The molecular formula is C34H46N4O6. The highest BCUT2D eigenvalue weighted by molar-refractivity contribution is 6.00. The molecule has 3 aliphatic heterocycles. The van der Waals surface area contributed by atoms with Crippen LogP contribution in [0.4, 0.5) is 0 Å². The number of aliphatic hydroxyl groups excluding tert-OH is 1. The minimum Gasteiger partial charge on any atom is -0.489 e. The van der Waals surface area contributed by atoms with Crippen LogP contribution in [0.15, 0.2) is 48.5 Å². The molecule has 0 unspecified atom stereocenters. The van der Waals surface area contributed by atoms with Crippen LogP contribution in [0.1, 0.15) is 66.9 Å². The maximum absolute atomic E-state index is 13.8. The number of hydrogen-bond donors (Lipinski definition) is 3. The fourth-order valence-electron chi connectivity index (χ4n) is 6.63. The fraction of sp³-hybridized carbons (Fsp3) is 0.559. The number of likely N-dealkylation sites (tertiary alicyclic amines) is 1. The normalized spacial score (nSPS) is 21.6. The van der Waals surface area contributed by atoms with Gasteiger partial charge in [-0.25, -0.2) is 0 Å². The molecule has 2 aromatic rings. The number of carbonyl (C=O) groups is 3. The highest BCUT2D eigenvalue weighted by atomic mass is 16.5. The van der Waals surface area contributed by atoms with Crippen LogP contribution in [0.3, 0.4) is 0 Å². The molecule has 2 atom stereocenters. The highest BCUT2D eigenvalue weighted by Crippen LogP contribution is 2.35. The monoisotopic (exact) mass is 606 g/mol. The smallest absolute Gasteiger partial charge is 0.251 e. The zero-order chi connectivity index (χ0) is 31.1. The van der Waals surface area contributed by atoms with Crippen molar-refractivity contribution in [3.63, 3.8) is 0 Å². The first-order valence-electron chi connectivity index (χ1n) is 16.0. The third-order valence-electron chi connectivity index (χ3n) is 9.45. The molecule has 3 amide bonds. The average Bonchev–Trinajstić information content (AvgIpc) is 3.07. The van der Waals surface area contributed by atoms with Crippen molar-refractivity contribution in [2.45, 2.75) is 76.3 Å². The SMILES string of the molecule is CCCCN1C(=O)[C@@H]([C@H](O)C2CCOCC2)NC(=O)C12CCN(Cc1ccc(COc3ccc(C(=O)NC)cc3)cc1)CC2. The number of amides is 3. The molecule has 3 fully saturated rings. The molecule has 3 N–H and O–H groups in total. The number of rotatable bonds is 11. The van der Waals surface area contributed by atoms with Crippen molar-refractivity contribution < 1.29 is 29.0 Å². The number of nitrogens with zero attached hydrogens (tertiary/aromatic N) is 2. The molecule has 44 heavy (non-hydrogen) atoms. The standard InChI is InChI=1S/C34H46N4O6/c1-3-4-17-38-32(41)29(30(39)26-13-20-43-21-14-26)36-33(42)34(38)15-18-37(19-16-34)22-24-5-7-25(8-6-24)23-44-28-11-9-27(10-12-28)31(40)35-2/h5-12,26,29-30,39H,3-4,13-23H2,1-2H3,(H,35,40)(H,36,42)/t29-,30-/m1/s1. The topological polar surface area (TPSA) is 120 Å². The molecular weight excluding hydrogens is 560 g/mol. The quantitative estimate of drug-likeness (QED) is 0.360. The Morgan fingerprint density at radius 3 is 2.36 bits per heavy atom. The Morgan fingerprint density at radius 1 is 1.07 bits per heavy atom. The summed E-state index contributed by atoms with van der Waals surface area (Å²) in [5.74, 6) is 0.241. The maximum Gasteiger partial charge on any atom is 0.251 e. The molecule has 3 heterocycles. The van der Waals surface area contributed by atoms with E-state index in [9.17, 15) is 19.5 Å². The minimum atomic E-state index is -0.903. The lowest BCUT2D eigenvalue weighted by Crippen LogP contribution is -2.75. The number of nitrogens with one attached hydrogen (secondary N) is 2. The van der Waals surface area contributed by atoms with Gasteiger partial charge in [-0.1, -0.05) is 37.6 Å². The van der Waals surface area contributed by atoms with Crippen LogP contribution in [0.5, 0.6) is 5.75 Å². The lowest BCUT2D eigenvalue weighted by Gasteiger charge is -2.52. The Balaban J connectivity index is 1.16. The zero-order valence-corrected chi connectivity index (χ0v) is 25.9. The van der Waals surface area contributed by atoms with Gasteiger partial charge in [0.2, 0.25) is 11.8 Å². The number of hydrogen-bond acceptors (Lipinski definition) is 7. The first kappa shape index (κ1) is 31.9. The van der Waals surface area contributed by atoms with E-state index in [0.717, 1.165) is 24.9 Å². The first-order valence-corrected chi connectivity index (χ1v) is 16.0. The zero-order valence-electron chi connectivity index (χ0n) is 25.9. The summed E-state index contributed by atoms with van der Waals surface area (Å²) in [6.07, 6.45) is 3.36. The van der Waals surface area contributed by atoms with Crippen LogP contribution < -0.4 is 15.4 Å². The third kappa shape index (κ3) is 7.08. The largest absolute Gasteiger partial charge is 0.489 e. The lowest BCUT2D eigenvalue weighted by atomic mass is 9.79. The average molecular weight is 607 g/mol. The summed E-state index contributed by atoms with van der Waals surface area (Å²) in [4.78, 5) is 43.4. The maximum atomic E-state index is 13.8. The van der Waals surface area contributed by atoms with Crippen LogP contribution in [-0.2, 0) is 27.5 Å². The lowest BCUT2D eigenvalue weighted by molar-refractivity contribution is -0.166. The predicted octanol–water partition coefficient (Wildman–Crippen LogP) is 2.87. The molecule has 10 heteroatoms. The molecule has 3 aliphatic rings. The summed E-state index contributed by atoms with van der Waals surface area (Å²) in [5, 5.41) is 16.7. The summed E-state index contributed by atoms with van der Waals surface area (Å²) in [7, 11) is 1.61. The van der Waals surface area contributed by atoms with Crippen molar-refractivity contribution in [3.8, 4) is 5.75 Å². The van der Waals surface area contributed by atoms with Crippen LogP contribution in [-0.4, -0.2) is 90.2 Å². The van der Waals surface area contributed by atoms with Crippen LogP contribution in [0.25, 0.3) is 0 Å². The van der Waals surface area contributed by atoms with Crippen LogP contribution in [0, 0.1) is 5.92 Å². The number of piperazine rings is 1. The Hall–Kier alpha value is -3.47. The Labute approximate surface area is 260 Å². The van der Waals surface area contributed by atoms with Gasteiger partial charge in [-0.2, -0.15) is 0 Å². The second-order valence-corrected chi connectivity index (χ2v) is 12.3. The second-order valence-electron chi connectivity index (χ2n) is 12.3. The molecule has 5 rings (SSSR count). The van der Waals surface area contributed by atoms with Gasteiger partial charge >= 0.3 is 0 Å². The summed E-state index contributed by atoms with van der Waals surface area (Å²) in [6.45, 7) is 6.34.